The molecule has 0 fully saturated rings. The Kier molecular flexibility index (Phi) is 2.09. The number of carbonyl (C=O) groups excluding carboxylic acids is 1. The van der Waals surface area contributed by atoms with E-state index in [-0.39, 0.29) is 11.4 Å². The van der Waals surface area contributed by atoms with Gasteiger partial charge in [0.2, 0.25) is 0 Å². The summed E-state index contributed by atoms with van der Waals surface area (Å²) in [7, 11) is 0. The lowest BCUT2D eigenvalue weighted by Crippen LogP contribution is -1.93. The van der Waals surface area contributed by atoms with Crippen LogP contribution in [0.3, 0.4) is 0 Å². The van der Waals surface area contributed by atoms with E-state index in [1.54, 1.807) is 12.1 Å². The van der Waals surface area contributed by atoms with Gasteiger partial charge in [-0.05, 0) is 6.07 Å². The highest BCUT2D eigenvalue weighted by Crippen LogP contribution is 2.28. The molecule has 74 valence electrons. The molecular formula is C9H5N3O3. The molecule has 0 N–H and O–H groups in total. The summed E-state index contributed by atoms with van der Waals surface area (Å²) in [6, 6.07) is 6.08. The van der Waals surface area contributed by atoms with Gasteiger partial charge < -0.3 is 0 Å². The van der Waals surface area contributed by atoms with Crippen molar-refractivity contribution >= 4 is 17.3 Å². The largest absolute Gasteiger partial charge is 0.290 e. The number of hydrogen-bond acceptors (Lipinski definition) is 4. The van der Waals surface area contributed by atoms with E-state index < -0.39 is 10.8 Å². The Labute approximate surface area is 84.1 Å². The zero-order chi connectivity index (χ0) is 10.8. The van der Waals surface area contributed by atoms with Gasteiger partial charge in [0.1, 0.15) is 5.70 Å². The predicted octanol–water partition coefficient (Wildman–Crippen LogP) is 1.93. The van der Waals surface area contributed by atoms with Gasteiger partial charge in [0.05, 0.1) is 10.5 Å². The SMILES string of the molecule is O=C1C=C(c2ccccc2[N+](=O)[O-])N=N1. The van der Waals surface area contributed by atoms with E-state index in [4.69, 9.17) is 0 Å². The van der Waals surface area contributed by atoms with E-state index in [0.717, 1.165) is 0 Å². The van der Waals surface area contributed by atoms with E-state index in [0.29, 0.717) is 5.56 Å². The number of carbonyl (C=O) groups is 1. The van der Waals surface area contributed by atoms with Crippen LogP contribution in [0.15, 0.2) is 40.6 Å². The lowest BCUT2D eigenvalue weighted by Gasteiger charge is -1.98. The standard InChI is InChI=1S/C9H5N3O3/c13-9-5-7(10-11-9)6-3-1-2-4-8(6)12(14)15/h1-5H. The summed E-state index contributed by atoms with van der Waals surface area (Å²) in [5.41, 5.74) is 0.446. The molecule has 1 aromatic carbocycles. The molecule has 1 aromatic rings. The van der Waals surface area contributed by atoms with Crippen molar-refractivity contribution in [2.45, 2.75) is 0 Å². The fraction of sp³-hybridized carbons (Fsp3) is 0. The summed E-state index contributed by atoms with van der Waals surface area (Å²) < 4.78 is 0. The van der Waals surface area contributed by atoms with Crippen LogP contribution in [-0.4, -0.2) is 10.8 Å². The van der Waals surface area contributed by atoms with Gasteiger partial charge >= 0.3 is 0 Å². The second-order valence-electron chi connectivity index (χ2n) is 2.84. The molecule has 0 saturated carbocycles. The summed E-state index contributed by atoms with van der Waals surface area (Å²) in [4.78, 5) is 21.0. The van der Waals surface area contributed by atoms with Crippen LogP contribution in [0.2, 0.25) is 0 Å². The minimum atomic E-state index is -0.519. The smallest absolute Gasteiger partial charge is 0.266 e. The van der Waals surface area contributed by atoms with Gasteiger partial charge in [-0.3, -0.25) is 14.9 Å². The van der Waals surface area contributed by atoms with E-state index >= 15 is 0 Å². The Morgan fingerprint density at radius 2 is 1.93 bits per heavy atom. The fourth-order valence-corrected chi connectivity index (χ4v) is 1.26. The van der Waals surface area contributed by atoms with Gasteiger partial charge in [-0.25, -0.2) is 0 Å². The van der Waals surface area contributed by atoms with Crippen molar-refractivity contribution in [3.05, 3.63) is 46.0 Å². The zero-order valence-corrected chi connectivity index (χ0v) is 7.45. The number of hydrogen-bond donors (Lipinski definition) is 0. The highest BCUT2D eigenvalue weighted by Gasteiger charge is 2.19. The summed E-state index contributed by atoms with van der Waals surface area (Å²) in [6.07, 6.45) is 1.17. The molecule has 1 aliphatic heterocycles. The third-order valence-corrected chi connectivity index (χ3v) is 1.89. The molecule has 0 unspecified atom stereocenters. The number of nitro groups is 1. The van der Waals surface area contributed by atoms with Gasteiger partial charge in [0.25, 0.3) is 11.6 Å². The first-order valence-electron chi connectivity index (χ1n) is 4.09. The third kappa shape index (κ3) is 1.64. The molecule has 0 spiro atoms. The average Bonchev–Trinajstić information content (AvgIpc) is 2.65. The average molecular weight is 203 g/mol. The van der Waals surface area contributed by atoms with Crippen molar-refractivity contribution in [3.63, 3.8) is 0 Å². The summed E-state index contributed by atoms with van der Waals surface area (Å²) in [5, 5.41) is 17.5. The van der Waals surface area contributed by atoms with E-state index in [2.05, 4.69) is 10.2 Å². The summed E-state index contributed by atoms with van der Waals surface area (Å²) in [6.45, 7) is 0. The van der Waals surface area contributed by atoms with Crippen LogP contribution < -0.4 is 0 Å². The van der Waals surface area contributed by atoms with Crippen LogP contribution in [0.25, 0.3) is 5.70 Å². The van der Waals surface area contributed by atoms with Gasteiger partial charge in [-0.15, -0.1) is 10.2 Å². The molecule has 0 radical (unpaired) electrons. The monoisotopic (exact) mass is 203 g/mol. The number of para-hydroxylation sites is 1. The molecule has 0 atom stereocenters. The zero-order valence-electron chi connectivity index (χ0n) is 7.45. The Morgan fingerprint density at radius 1 is 1.20 bits per heavy atom. The van der Waals surface area contributed by atoms with E-state index in [1.807, 2.05) is 0 Å². The van der Waals surface area contributed by atoms with E-state index in [1.165, 1.54) is 18.2 Å². The minimum absolute atomic E-state index is 0.0857. The quantitative estimate of drug-likeness (QED) is 0.543. The van der Waals surface area contributed by atoms with E-state index in [9.17, 15) is 14.9 Å². The van der Waals surface area contributed by atoms with Crippen molar-refractivity contribution in [3.8, 4) is 0 Å². The molecule has 1 amide bonds. The van der Waals surface area contributed by atoms with Crippen molar-refractivity contribution in [1.29, 1.82) is 0 Å². The fourth-order valence-electron chi connectivity index (χ4n) is 1.26. The Hall–Kier alpha value is -2.37. The van der Waals surface area contributed by atoms with Crippen LogP contribution in [-0.2, 0) is 4.79 Å². The first kappa shape index (κ1) is 9.20. The van der Waals surface area contributed by atoms with Gasteiger partial charge in [0, 0.05) is 12.1 Å². The molecule has 2 rings (SSSR count). The lowest BCUT2D eigenvalue weighted by molar-refractivity contribution is -0.385. The molecule has 6 heteroatoms. The third-order valence-electron chi connectivity index (χ3n) is 1.89. The maximum Gasteiger partial charge on any atom is 0.290 e. The molecule has 15 heavy (non-hydrogen) atoms. The van der Waals surface area contributed by atoms with Crippen molar-refractivity contribution in [2.24, 2.45) is 10.2 Å². The maximum absolute atomic E-state index is 10.8. The number of nitrogens with zero attached hydrogens (tertiary/aromatic N) is 3. The predicted molar refractivity (Wildman–Crippen MR) is 50.9 cm³/mol. The lowest BCUT2D eigenvalue weighted by atomic mass is 10.1. The Morgan fingerprint density at radius 3 is 2.53 bits per heavy atom. The molecule has 0 aromatic heterocycles. The summed E-state index contributed by atoms with van der Waals surface area (Å²) in [5.74, 6) is -0.497. The highest BCUT2D eigenvalue weighted by molar-refractivity contribution is 5.99. The molecule has 1 aliphatic rings. The topological polar surface area (TPSA) is 84.9 Å². The van der Waals surface area contributed by atoms with Crippen LogP contribution in [0.5, 0.6) is 0 Å². The number of amides is 1. The normalized spacial score (nSPS) is 14.1. The molecule has 0 saturated heterocycles. The van der Waals surface area contributed by atoms with Crippen LogP contribution in [0, 0.1) is 10.1 Å². The van der Waals surface area contributed by atoms with Crippen molar-refractivity contribution in [1.82, 2.24) is 0 Å². The maximum atomic E-state index is 10.8. The minimum Gasteiger partial charge on any atom is -0.266 e. The molecule has 0 aliphatic carbocycles. The molecule has 0 bridgehead atoms. The molecule has 6 nitrogen and oxygen atoms in total. The van der Waals surface area contributed by atoms with Crippen LogP contribution >= 0.6 is 0 Å². The number of nitro benzene ring substituents is 1. The van der Waals surface area contributed by atoms with Gasteiger partial charge in [0.15, 0.2) is 0 Å². The molecule has 1 heterocycles. The summed E-state index contributed by atoms with van der Waals surface area (Å²) >= 11 is 0. The second kappa shape index (κ2) is 3.41. The van der Waals surface area contributed by atoms with Gasteiger partial charge in [-0.2, -0.15) is 0 Å². The highest BCUT2D eigenvalue weighted by atomic mass is 16.6. The molecular weight excluding hydrogens is 198 g/mol. The number of azo groups is 1. The Bertz CT molecular complexity index is 505. The first-order valence-corrected chi connectivity index (χ1v) is 4.09. The number of rotatable bonds is 2. The van der Waals surface area contributed by atoms with Crippen molar-refractivity contribution in [2.75, 3.05) is 0 Å². The number of benzene rings is 1. The van der Waals surface area contributed by atoms with Crippen LogP contribution in [0.1, 0.15) is 5.56 Å². The Balaban J connectivity index is 2.54. The van der Waals surface area contributed by atoms with Crippen LogP contribution in [0.4, 0.5) is 5.69 Å². The van der Waals surface area contributed by atoms with Gasteiger partial charge in [-0.1, -0.05) is 12.1 Å². The van der Waals surface area contributed by atoms with Crippen molar-refractivity contribution < 1.29 is 9.72 Å². The first-order chi connectivity index (χ1) is 7.18. The second-order valence-corrected chi connectivity index (χ2v) is 2.84.